The molecule has 0 saturated heterocycles. The largest absolute Gasteiger partial charge is 0.350 e. The minimum absolute atomic E-state index is 0.00478. The molecule has 0 aliphatic heterocycles. The van der Waals surface area contributed by atoms with Crippen LogP contribution in [0, 0.1) is 0 Å². The number of halogens is 3. The van der Waals surface area contributed by atoms with Crippen LogP contribution < -0.4 is 9.62 Å². The number of benzene rings is 2. The molecule has 0 heterocycles. The van der Waals surface area contributed by atoms with Crippen molar-refractivity contribution >= 4 is 62.3 Å². The first-order chi connectivity index (χ1) is 15.6. The van der Waals surface area contributed by atoms with Crippen molar-refractivity contribution in [3.8, 4) is 0 Å². The van der Waals surface area contributed by atoms with Crippen molar-refractivity contribution in [1.29, 1.82) is 0 Å². The van der Waals surface area contributed by atoms with Gasteiger partial charge in [-0.2, -0.15) is 0 Å². The second-order valence-electron chi connectivity index (χ2n) is 8.91. The highest BCUT2D eigenvalue weighted by Gasteiger charge is 2.32. The van der Waals surface area contributed by atoms with Gasteiger partial charge in [-0.3, -0.25) is 13.9 Å². The third kappa shape index (κ3) is 7.77. The maximum Gasteiger partial charge on any atom is 0.244 e. The molecule has 1 N–H and O–H groups in total. The second kappa shape index (κ2) is 11.2. The van der Waals surface area contributed by atoms with E-state index in [0.717, 1.165) is 16.1 Å². The van der Waals surface area contributed by atoms with Gasteiger partial charge in [0.25, 0.3) is 0 Å². The molecule has 2 aromatic carbocycles. The van der Waals surface area contributed by atoms with E-state index in [2.05, 4.69) is 5.32 Å². The molecule has 1 atom stereocenters. The van der Waals surface area contributed by atoms with E-state index in [-0.39, 0.29) is 28.2 Å². The summed E-state index contributed by atoms with van der Waals surface area (Å²) < 4.78 is 26.1. The number of sulfonamides is 1. The second-order valence-corrected chi connectivity index (χ2v) is 12.0. The predicted molar refractivity (Wildman–Crippen MR) is 138 cm³/mol. The Morgan fingerprint density at radius 2 is 1.62 bits per heavy atom. The van der Waals surface area contributed by atoms with Crippen LogP contribution in [0.2, 0.25) is 15.1 Å². The summed E-state index contributed by atoms with van der Waals surface area (Å²) in [5.74, 6) is -0.963. The van der Waals surface area contributed by atoms with Crippen LogP contribution in [0.25, 0.3) is 0 Å². The molecule has 2 aromatic rings. The normalized spacial score (nSPS) is 12.7. The molecule has 0 aliphatic rings. The topological polar surface area (TPSA) is 86.8 Å². The van der Waals surface area contributed by atoms with E-state index < -0.39 is 34.1 Å². The standard InChI is InChI=1S/C23H28Cl3N3O4S/c1-15(22(31)27-23(2,3)4)28(13-16-9-11-17(24)12-10-16)20(30)14-29(34(5,32)33)19-8-6-7-18(25)21(19)26/h6-12,15H,13-14H2,1-5H3,(H,27,31). The van der Waals surface area contributed by atoms with Gasteiger partial charge in [-0.15, -0.1) is 0 Å². The van der Waals surface area contributed by atoms with Crippen molar-refractivity contribution in [2.75, 3.05) is 17.1 Å². The minimum atomic E-state index is -3.91. The summed E-state index contributed by atoms with van der Waals surface area (Å²) in [5, 5.41) is 3.54. The molecule has 7 nitrogen and oxygen atoms in total. The van der Waals surface area contributed by atoms with Crippen LogP contribution in [0.5, 0.6) is 0 Å². The van der Waals surface area contributed by atoms with Crippen LogP contribution in [0.1, 0.15) is 33.3 Å². The van der Waals surface area contributed by atoms with Gasteiger partial charge in [0.1, 0.15) is 12.6 Å². The molecule has 0 bridgehead atoms. The Kier molecular flexibility index (Phi) is 9.27. The number of rotatable bonds is 8. The number of amides is 2. The maximum atomic E-state index is 13.5. The summed E-state index contributed by atoms with van der Waals surface area (Å²) in [6.07, 6.45) is 0.969. The minimum Gasteiger partial charge on any atom is -0.350 e. The molecule has 0 aliphatic carbocycles. The van der Waals surface area contributed by atoms with E-state index in [9.17, 15) is 18.0 Å². The highest BCUT2D eigenvalue weighted by molar-refractivity contribution is 7.92. The van der Waals surface area contributed by atoms with E-state index in [1.54, 1.807) is 31.2 Å². The van der Waals surface area contributed by atoms with Crippen molar-refractivity contribution in [3.63, 3.8) is 0 Å². The van der Waals surface area contributed by atoms with Gasteiger partial charge in [0.2, 0.25) is 21.8 Å². The third-order valence-electron chi connectivity index (χ3n) is 4.81. The Morgan fingerprint density at radius 3 is 2.15 bits per heavy atom. The van der Waals surface area contributed by atoms with Crippen LogP contribution in [-0.2, 0) is 26.2 Å². The van der Waals surface area contributed by atoms with Crippen LogP contribution >= 0.6 is 34.8 Å². The summed E-state index contributed by atoms with van der Waals surface area (Å²) in [4.78, 5) is 27.7. The fourth-order valence-corrected chi connectivity index (χ4v) is 4.55. The Labute approximate surface area is 216 Å². The molecule has 0 fully saturated rings. The Balaban J connectivity index is 2.44. The number of carbonyl (C=O) groups excluding carboxylic acids is 2. The lowest BCUT2D eigenvalue weighted by Crippen LogP contribution is -2.54. The van der Waals surface area contributed by atoms with Gasteiger partial charge < -0.3 is 10.2 Å². The smallest absolute Gasteiger partial charge is 0.244 e. The number of nitrogens with one attached hydrogen (secondary N) is 1. The van der Waals surface area contributed by atoms with Gasteiger partial charge in [0, 0.05) is 17.1 Å². The molecule has 0 radical (unpaired) electrons. The lowest BCUT2D eigenvalue weighted by atomic mass is 10.1. The Morgan fingerprint density at radius 1 is 1.03 bits per heavy atom. The molecular weight excluding hydrogens is 521 g/mol. The first kappa shape index (κ1) is 28.2. The number of nitrogens with zero attached hydrogens (tertiary/aromatic N) is 2. The lowest BCUT2D eigenvalue weighted by molar-refractivity contribution is -0.140. The molecule has 34 heavy (non-hydrogen) atoms. The summed E-state index contributed by atoms with van der Waals surface area (Å²) >= 11 is 18.3. The molecule has 0 saturated carbocycles. The van der Waals surface area contributed by atoms with E-state index in [4.69, 9.17) is 34.8 Å². The fourth-order valence-electron chi connectivity index (χ4n) is 3.12. The van der Waals surface area contributed by atoms with Crippen LogP contribution in [0.4, 0.5) is 5.69 Å². The van der Waals surface area contributed by atoms with Gasteiger partial charge in [0.05, 0.1) is 22.0 Å². The molecule has 0 aromatic heterocycles. The van der Waals surface area contributed by atoms with Crippen molar-refractivity contribution in [2.24, 2.45) is 0 Å². The zero-order valence-electron chi connectivity index (χ0n) is 19.6. The highest BCUT2D eigenvalue weighted by Crippen LogP contribution is 2.33. The molecule has 186 valence electrons. The van der Waals surface area contributed by atoms with Crippen molar-refractivity contribution in [1.82, 2.24) is 10.2 Å². The average molecular weight is 549 g/mol. The van der Waals surface area contributed by atoms with Crippen LogP contribution in [0.3, 0.4) is 0 Å². The quantitative estimate of drug-likeness (QED) is 0.516. The summed E-state index contributed by atoms with van der Waals surface area (Å²) in [7, 11) is -3.91. The first-order valence-electron chi connectivity index (χ1n) is 10.4. The molecular formula is C23H28Cl3N3O4S. The predicted octanol–water partition coefficient (Wildman–Crippen LogP) is 4.74. The zero-order valence-corrected chi connectivity index (χ0v) is 22.7. The van der Waals surface area contributed by atoms with Gasteiger partial charge in [-0.05, 0) is 57.5 Å². The van der Waals surface area contributed by atoms with E-state index in [0.29, 0.717) is 5.02 Å². The van der Waals surface area contributed by atoms with Crippen molar-refractivity contribution < 1.29 is 18.0 Å². The van der Waals surface area contributed by atoms with Crippen molar-refractivity contribution in [2.45, 2.75) is 45.8 Å². The van der Waals surface area contributed by atoms with Crippen LogP contribution in [-0.4, -0.2) is 49.5 Å². The molecule has 2 amide bonds. The Bertz CT molecular complexity index is 1150. The Hall–Kier alpha value is -2.00. The molecule has 0 spiro atoms. The van der Waals surface area contributed by atoms with Gasteiger partial charge in [0.15, 0.2) is 0 Å². The number of anilines is 1. The van der Waals surface area contributed by atoms with Crippen molar-refractivity contribution in [3.05, 3.63) is 63.1 Å². The lowest BCUT2D eigenvalue weighted by Gasteiger charge is -2.33. The number of hydrogen-bond acceptors (Lipinski definition) is 4. The summed E-state index contributed by atoms with van der Waals surface area (Å²) in [6, 6.07) is 10.4. The van der Waals surface area contributed by atoms with E-state index >= 15 is 0 Å². The third-order valence-corrected chi connectivity index (χ3v) is 7.00. The number of carbonyl (C=O) groups is 2. The first-order valence-corrected chi connectivity index (χ1v) is 13.4. The fraction of sp³-hybridized carbons (Fsp3) is 0.391. The van der Waals surface area contributed by atoms with E-state index in [1.165, 1.54) is 23.1 Å². The number of hydrogen-bond donors (Lipinski definition) is 1. The molecule has 2 rings (SSSR count). The maximum absolute atomic E-state index is 13.5. The summed E-state index contributed by atoms with van der Waals surface area (Å²) in [6.45, 7) is 6.57. The molecule has 1 unspecified atom stereocenters. The SMILES string of the molecule is CC(C(=O)NC(C)(C)C)N(Cc1ccc(Cl)cc1)C(=O)CN(c1cccc(Cl)c1Cl)S(C)(=O)=O. The van der Waals surface area contributed by atoms with Crippen LogP contribution in [0.15, 0.2) is 42.5 Å². The van der Waals surface area contributed by atoms with Gasteiger partial charge in [-0.1, -0.05) is 53.0 Å². The van der Waals surface area contributed by atoms with E-state index in [1.807, 2.05) is 20.8 Å². The highest BCUT2D eigenvalue weighted by atomic mass is 35.5. The van der Waals surface area contributed by atoms with Gasteiger partial charge >= 0.3 is 0 Å². The zero-order chi connectivity index (χ0) is 25.8. The molecule has 11 heteroatoms. The van der Waals surface area contributed by atoms with Gasteiger partial charge in [-0.25, -0.2) is 8.42 Å². The monoisotopic (exact) mass is 547 g/mol. The summed E-state index contributed by atoms with van der Waals surface area (Å²) in [5.41, 5.74) is 0.274. The average Bonchev–Trinajstić information content (AvgIpc) is 2.71.